The number of hydrogen-bond acceptors (Lipinski definition) is 2. The fourth-order valence-electron chi connectivity index (χ4n) is 2.08. The molecule has 1 fully saturated rings. The van der Waals surface area contributed by atoms with Crippen molar-refractivity contribution >= 4 is 11.8 Å². The van der Waals surface area contributed by atoms with Crippen LogP contribution in [0.2, 0.25) is 0 Å². The second-order valence-corrected chi connectivity index (χ2v) is 3.71. The Hall–Kier alpha value is -1.30. The Bertz CT molecular complexity index is 275. The van der Waals surface area contributed by atoms with Gasteiger partial charge in [0.25, 0.3) is 0 Å². The van der Waals surface area contributed by atoms with E-state index in [9.17, 15) is 9.59 Å². The SMILES string of the molecule is C#CCCC1C(=O)CCC1CC(=O)O. The normalized spacial score (nSPS) is 26.1. The first kappa shape index (κ1) is 10.8. The summed E-state index contributed by atoms with van der Waals surface area (Å²) in [5.74, 6) is 1.75. The monoisotopic (exact) mass is 194 g/mol. The van der Waals surface area contributed by atoms with E-state index in [2.05, 4.69) is 5.92 Å². The third kappa shape index (κ3) is 2.59. The highest BCUT2D eigenvalue weighted by Gasteiger charge is 2.34. The van der Waals surface area contributed by atoms with E-state index >= 15 is 0 Å². The second-order valence-electron chi connectivity index (χ2n) is 3.71. The number of Topliss-reactive ketones (excluding diaryl/α,β-unsaturated/α-hetero) is 1. The van der Waals surface area contributed by atoms with Crippen molar-refractivity contribution < 1.29 is 14.7 Å². The molecule has 14 heavy (non-hydrogen) atoms. The third-order valence-electron chi connectivity index (χ3n) is 2.78. The minimum Gasteiger partial charge on any atom is -0.481 e. The standard InChI is InChI=1S/C11H14O3/c1-2-3-4-9-8(7-11(13)14)5-6-10(9)12/h1,8-9H,3-7H2,(H,13,14). The Morgan fingerprint density at radius 1 is 1.64 bits per heavy atom. The molecule has 1 rings (SSSR count). The highest BCUT2D eigenvalue weighted by atomic mass is 16.4. The Balaban J connectivity index is 2.53. The number of carbonyl (C=O) groups excluding carboxylic acids is 1. The molecule has 0 saturated heterocycles. The molecule has 0 spiro atoms. The summed E-state index contributed by atoms with van der Waals surface area (Å²) in [7, 11) is 0. The van der Waals surface area contributed by atoms with Gasteiger partial charge in [0.1, 0.15) is 5.78 Å². The minimum atomic E-state index is -0.824. The lowest BCUT2D eigenvalue weighted by atomic mass is 9.89. The van der Waals surface area contributed by atoms with Gasteiger partial charge in [-0.1, -0.05) is 0 Å². The predicted octanol–water partition coefficient (Wildman–Crippen LogP) is 1.47. The molecule has 1 aliphatic carbocycles. The Morgan fingerprint density at radius 2 is 2.36 bits per heavy atom. The Kier molecular flexibility index (Phi) is 3.70. The van der Waals surface area contributed by atoms with Gasteiger partial charge in [-0.25, -0.2) is 0 Å². The largest absolute Gasteiger partial charge is 0.481 e. The van der Waals surface area contributed by atoms with E-state index in [4.69, 9.17) is 11.5 Å². The van der Waals surface area contributed by atoms with Crippen LogP contribution in [0.1, 0.15) is 32.1 Å². The fraction of sp³-hybridized carbons (Fsp3) is 0.636. The number of hydrogen-bond donors (Lipinski definition) is 1. The average Bonchev–Trinajstić information content (AvgIpc) is 2.44. The Labute approximate surface area is 83.5 Å². The van der Waals surface area contributed by atoms with Gasteiger partial charge < -0.3 is 5.11 Å². The van der Waals surface area contributed by atoms with E-state index in [-0.39, 0.29) is 24.0 Å². The van der Waals surface area contributed by atoms with E-state index in [0.29, 0.717) is 25.7 Å². The summed E-state index contributed by atoms with van der Waals surface area (Å²) in [4.78, 5) is 21.9. The molecule has 0 aromatic rings. The molecule has 1 N–H and O–H groups in total. The van der Waals surface area contributed by atoms with E-state index in [1.165, 1.54) is 0 Å². The smallest absolute Gasteiger partial charge is 0.303 e. The zero-order chi connectivity index (χ0) is 10.6. The molecule has 1 saturated carbocycles. The van der Waals surface area contributed by atoms with Gasteiger partial charge in [-0.3, -0.25) is 9.59 Å². The first-order valence-electron chi connectivity index (χ1n) is 4.83. The fourth-order valence-corrected chi connectivity index (χ4v) is 2.08. The van der Waals surface area contributed by atoms with Gasteiger partial charge in [0.2, 0.25) is 0 Å². The summed E-state index contributed by atoms with van der Waals surface area (Å²) in [6.07, 6.45) is 7.66. The first-order chi connectivity index (χ1) is 6.65. The lowest BCUT2D eigenvalue weighted by Gasteiger charge is -2.14. The van der Waals surface area contributed by atoms with Crippen molar-refractivity contribution in [1.29, 1.82) is 0 Å². The van der Waals surface area contributed by atoms with Crippen LogP contribution in [0.3, 0.4) is 0 Å². The molecule has 0 aromatic carbocycles. The molecule has 1 aliphatic rings. The number of ketones is 1. The maximum atomic E-state index is 11.4. The van der Waals surface area contributed by atoms with Crippen LogP contribution in [-0.4, -0.2) is 16.9 Å². The molecular weight excluding hydrogens is 180 g/mol. The lowest BCUT2D eigenvalue weighted by molar-refractivity contribution is -0.138. The lowest BCUT2D eigenvalue weighted by Crippen LogP contribution is -2.17. The summed E-state index contributed by atoms with van der Waals surface area (Å²) in [5, 5.41) is 8.65. The van der Waals surface area contributed by atoms with Crippen molar-refractivity contribution in [3.05, 3.63) is 0 Å². The summed E-state index contributed by atoms with van der Waals surface area (Å²) < 4.78 is 0. The number of aliphatic carboxylic acids is 1. The molecule has 0 heterocycles. The third-order valence-corrected chi connectivity index (χ3v) is 2.78. The van der Waals surface area contributed by atoms with Crippen molar-refractivity contribution in [3.63, 3.8) is 0 Å². The first-order valence-corrected chi connectivity index (χ1v) is 4.83. The molecule has 0 aromatic heterocycles. The van der Waals surface area contributed by atoms with Crippen LogP contribution in [0.15, 0.2) is 0 Å². The molecular formula is C11H14O3. The van der Waals surface area contributed by atoms with Crippen LogP contribution < -0.4 is 0 Å². The summed E-state index contributed by atoms with van der Waals surface area (Å²) >= 11 is 0. The topological polar surface area (TPSA) is 54.4 Å². The van der Waals surface area contributed by atoms with Gasteiger partial charge in [0.15, 0.2) is 0 Å². The van der Waals surface area contributed by atoms with Crippen molar-refractivity contribution in [1.82, 2.24) is 0 Å². The summed E-state index contributed by atoms with van der Waals surface area (Å²) in [6.45, 7) is 0. The van der Waals surface area contributed by atoms with Crippen LogP contribution in [0.4, 0.5) is 0 Å². The highest BCUT2D eigenvalue weighted by molar-refractivity contribution is 5.84. The summed E-state index contributed by atoms with van der Waals surface area (Å²) in [5.41, 5.74) is 0. The molecule has 76 valence electrons. The van der Waals surface area contributed by atoms with E-state index in [0.717, 1.165) is 0 Å². The van der Waals surface area contributed by atoms with Crippen molar-refractivity contribution in [2.75, 3.05) is 0 Å². The molecule has 0 aliphatic heterocycles. The number of carboxylic acid groups (broad SMARTS) is 1. The van der Waals surface area contributed by atoms with Crippen molar-refractivity contribution in [2.45, 2.75) is 32.1 Å². The predicted molar refractivity (Wildman–Crippen MR) is 51.5 cm³/mol. The number of terminal acetylenes is 1. The van der Waals surface area contributed by atoms with Crippen LogP contribution in [0, 0.1) is 24.2 Å². The maximum absolute atomic E-state index is 11.4. The summed E-state index contributed by atoms with van der Waals surface area (Å²) in [6, 6.07) is 0. The van der Waals surface area contributed by atoms with Gasteiger partial charge in [-0.15, -0.1) is 12.3 Å². The quantitative estimate of drug-likeness (QED) is 0.689. The van der Waals surface area contributed by atoms with E-state index in [1.54, 1.807) is 0 Å². The molecule has 0 bridgehead atoms. The highest BCUT2D eigenvalue weighted by Crippen LogP contribution is 2.34. The number of rotatable bonds is 4. The number of carbonyl (C=O) groups is 2. The van der Waals surface area contributed by atoms with Gasteiger partial charge in [-0.2, -0.15) is 0 Å². The molecule has 0 amide bonds. The molecule has 3 nitrogen and oxygen atoms in total. The van der Waals surface area contributed by atoms with Crippen molar-refractivity contribution in [2.24, 2.45) is 11.8 Å². The molecule has 2 unspecified atom stereocenters. The van der Waals surface area contributed by atoms with Crippen LogP contribution in [0.25, 0.3) is 0 Å². The van der Waals surface area contributed by atoms with Crippen LogP contribution >= 0.6 is 0 Å². The average molecular weight is 194 g/mol. The van der Waals surface area contributed by atoms with Gasteiger partial charge in [0, 0.05) is 25.2 Å². The van der Waals surface area contributed by atoms with E-state index in [1.807, 2.05) is 0 Å². The molecule has 3 heteroatoms. The Morgan fingerprint density at radius 3 is 2.93 bits per heavy atom. The van der Waals surface area contributed by atoms with Crippen LogP contribution in [0.5, 0.6) is 0 Å². The zero-order valence-electron chi connectivity index (χ0n) is 8.03. The molecule has 2 atom stereocenters. The maximum Gasteiger partial charge on any atom is 0.303 e. The van der Waals surface area contributed by atoms with Gasteiger partial charge in [-0.05, 0) is 18.8 Å². The van der Waals surface area contributed by atoms with E-state index < -0.39 is 5.97 Å². The van der Waals surface area contributed by atoms with Gasteiger partial charge in [0.05, 0.1) is 0 Å². The second kappa shape index (κ2) is 4.80. The van der Waals surface area contributed by atoms with Crippen LogP contribution in [-0.2, 0) is 9.59 Å². The van der Waals surface area contributed by atoms with Crippen molar-refractivity contribution in [3.8, 4) is 12.3 Å². The number of carboxylic acids is 1. The molecule has 0 radical (unpaired) electrons. The van der Waals surface area contributed by atoms with Gasteiger partial charge >= 0.3 is 5.97 Å². The minimum absolute atomic E-state index is 0.00773. The zero-order valence-corrected chi connectivity index (χ0v) is 8.03.